The first kappa shape index (κ1) is 19.0. The summed E-state index contributed by atoms with van der Waals surface area (Å²) in [4.78, 5) is 25.0. The van der Waals surface area contributed by atoms with Crippen molar-refractivity contribution >= 4 is 11.9 Å². The highest BCUT2D eigenvalue weighted by molar-refractivity contribution is 5.87. The molecule has 0 aromatic heterocycles. The van der Waals surface area contributed by atoms with Gasteiger partial charge in [0.05, 0.1) is 11.6 Å². The highest BCUT2D eigenvalue weighted by Crippen LogP contribution is 2.21. The molecule has 0 spiro atoms. The molecule has 1 fully saturated rings. The Morgan fingerprint density at radius 1 is 1.32 bits per heavy atom. The number of likely N-dealkylation sites (tertiary alicyclic amines) is 1. The van der Waals surface area contributed by atoms with E-state index in [2.05, 4.69) is 32.1 Å². The summed E-state index contributed by atoms with van der Waals surface area (Å²) in [6.45, 7) is 4.96. The number of hydrogen-bond donors (Lipinski definition) is 1. The van der Waals surface area contributed by atoms with Crippen molar-refractivity contribution in [1.82, 2.24) is 4.90 Å². The summed E-state index contributed by atoms with van der Waals surface area (Å²) in [5.74, 6) is -0.719. The minimum atomic E-state index is -0.919. The molecule has 1 aromatic rings. The van der Waals surface area contributed by atoms with E-state index in [4.69, 9.17) is 5.11 Å². The SMILES string of the molecule is CCCC(C)=CC=CC1CCC(=O)N1CCc1ccc(C(=O)O)cc1. The second kappa shape index (κ2) is 9.21. The fourth-order valence-electron chi connectivity index (χ4n) is 3.14. The number of carbonyl (C=O) groups excluding carboxylic acids is 1. The summed E-state index contributed by atoms with van der Waals surface area (Å²) in [6.07, 6.45) is 10.8. The van der Waals surface area contributed by atoms with Gasteiger partial charge in [0.25, 0.3) is 0 Å². The summed E-state index contributed by atoms with van der Waals surface area (Å²) in [5, 5.41) is 8.94. The average molecular weight is 341 g/mol. The van der Waals surface area contributed by atoms with Crippen LogP contribution in [0.15, 0.2) is 48.1 Å². The number of rotatable bonds is 8. The smallest absolute Gasteiger partial charge is 0.335 e. The van der Waals surface area contributed by atoms with Gasteiger partial charge in [-0.15, -0.1) is 0 Å². The highest BCUT2D eigenvalue weighted by atomic mass is 16.4. The maximum absolute atomic E-state index is 12.1. The van der Waals surface area contributed by atoms with Crippen molar-refractivity contribution in [3.05, 3.63) is 59.2 Å². The van der Waals surface area contributed by atoms with Gasteiger partial charge in [0.1, 0.15) is 0 Å². The fraction of sp³-hybridized carbons (Fsp3) is 0.429. The lowest BCUT2D eigenvalue weighted by Gasteiger charge is -2.22. The molecule has 1 atom stereocenters. The summed E-state index contributed by atoms with van der Waals surface area (Å²) in [7, 11) is 0. The van der Waals surface area contributed by atoms with Crippen LogP contribution >= 0.6 is 0 Å². The topological polar surface area (TPSA) is 57.6 Å². The van der Waals surface area contributed by atoms with Crippen molar-refractivity contribution in [1.29, 1.82) is 0 Å². The second-order valence-electron chi connectivity index (χ2n) is 6.59. The molecule has 1 heterocycles. The van der Waals surface area contributed by atoms with E-state index in [1.54, 1.807) is 12.1 Å². The Morgan fingerprint density at radius 2 is 2.04 bits per heavy atom. The number of carboxylic acids is 1. The predicted molar refractivity (Wildman–Crippen MR) is 99.6 cm³/mol. The van der Waals surface area contributed by atoms with E-state index in [0.717, 1.165) is 31.2 Å². The van der Waals surface area contributed by atoms with E-state index in [0.29, 0.717) is 13.0 Å². The maximum atomic E-state index is 12.1. The quantitative estimate of drug-likeness (QED) is 0.720. The molecule has 1 saturated heterocycles. The van der Waals surface area contributed by atoms with Crippen molar-refractivity contribution < 1.29 is 14.7 Å². The van der Waals surface area contributed by atoms with Crippen LogP contribution in [0, 0.1) is 0 Å². The van der Waals surface area contributed by atoms with Crippen LogP contribution in [0.2, 0.25) is 0 Å². The first-order chi connectivity index (χ1) is 12.0. The third kappa shape index (κ3) is 5.59. The normalized spacial score (nSPS) is 18.3. The number of aromatic carboxylic acids is 1. The molecule has 1 aromatic carbocycles. The van der Waals surface area contributed by atoms with Crippen molar-refractivity contribution in [2.45, 2.75) is 52.0 Å². The lowest BCUT2D eigenvalue weighted by molar-refractivity contribution is -0.128. The minimum absolute atomic E-state index is 0.163. The van der Waals surface area contributed by atoms with Crippen LogP contribution in [0.4, 0.5) is 0 Å². The lowest BCUT2D eigenvalue weighted by atomic mass is 10.1. The number of carboxylic acid groups (broad SMARTS) is 1. The molecule has 4 heteroatoms. The molecule has 25 heavy (non-hydrogen) atoms. The Bertz CT molecular complexity index is 658. The van der Waals surface area contributed by atoms with Gasteiger partial charge in [-0.2, -0.15) is 0 Å². The monoisotopic (exact) mass is 341 g/mol. The molecule has 1 aliphatic heterocycles. The summed E-state index contributed by atoms with van der Waals surface area (Å²) in [6, 6.07) is 7.04. The highest BCUT2D eigenvalue weighted by Gasteiger charge is 2.28. The minimum Gasteiger partial charge on any atom is -0.478 e. The standard InChI is InChI=1S/C21H27NO3/c1-3-5-16(2)6-4-7-19-12-13-20(23)22(19)15-14-17-8-10-18(11-9-17)21(24)25/h4,6-11,19H,3,5,12-15H2,1-2H3,(H,24,25). The van der Waals surface area contributed by atoms with Gasteiger partial charge in [0.2, 0.25) is 5.91 Å². The van der Waals surface area contributed by atoms with Gasteiger partial charge in [-0.1, -0.05) is 49.3 Å². The Kier molecular flexibility index (Phi) is 6.99. The zero-order valence-corrected chi connectivity index (χ0v) is 15.1. The molecule has 0 radical (unpaired) electrons. The molecule has 1 amide bonds. The maximum Gasteiger partial charge on any atom is 0.335 e. The van der Waals surface area contributed by atoms with E-state index in [-0.39, 0.29) is 17.5 Å². The first-order valence-electron chi connectivity index (χ1n) is 8.97. The fourth-order valence-corrected chi connectivity index (χ4v) is 3.14. The van der Waals surface area contributed by atoms with E-state index in [9.17, 15) is 9.59 Å². The zero-order chi connectivity index (χ0) is 18.2. The molecule has 0 bridgehead atoms. The van der Waals surface area contributed by atoms with Crippen molar-refractivity contribution in [2.75, 3.05) is 6.54 Å². The van der Waals surface area contributed by atoms with Crippen LogP contribution < -0.4 is 0 Å². The van der Waals surface area contributed by atoms with E-state index in [1.165, 1.54) is 5.57 Å². The summed E-state index contributed by atoms with van der Waals surface area (Å²) >= 11 is 0. The molecule has 4 nitrogen and oxygen atoms in total. The van der Waals surface area contributed by atoms with Crippen LogP contribution in [-0.4, -0.2) is 34.5 Å². The number of allylic oxidation sites excluding steroid dienone is 3. The van der Waals surface area contributed by atoms with Crippen LogP contribution in [0.25, 0.3) is 0 Å². The van der Waals surface area contributed by atoms with Crippen LogP contribution in [0.5, 0.6) is 0 Å². The molecular weight excluding hydrogens is 314 g/mol. The van der Waals surface area contributed by atoms with Gasteiger partial charge >= 0.3 is 5.97 Å². The molecule has 1 N–H and O–H groups in total. The van der Waals surface area contributed by atoms with Gasteiger partial charge < -0.3 is 10.0 Å². The summed E-state index contributed by atoms with van der Waals surface area (Å²) < 4.78 is 0. The number of carbonyl (C=O) groups is 2. The largest absolute Gasteiger partial charge is 0.478 e. The first-order valence-corrected chi connectivity index (χ1v) is 8.97. The van der Waals surface area contributed by atoms with Crippen LogP contribution in [0.1, 0.15) is 55.5 Å². The number of benzene rings is 1. The van der Waals surface area contributed by atoms with E-state index >= 15 is 0 Å². The number of amides is 1. The Hall–Kier alpha value is -2.36. The number of hydrogen-bond acceptors (Lipinski definition) is 2. The zero-order valence-electron chi connectivity index (χ0n) is 15.1. The summed E-state index contributed by atoms with van der Waals surface area (Å²) in [5.41, 5.74) is 2.69. The van der Waals surface area contributed by atoms with Gasteiger partial charge in [0, 0.05) is 13.0 Å². The van der Waals surface area contributed by atoms with Crippen LogP contribution in [0.3, 0.4) is 0 Å². The third-order valence-electron chi connectivity index (χ3n) is 4.58. The average Bonchev–Trinajstić information content (AvgIpc) is 2.93. The molecule has 1 aliphatic rings. The van der Waals surface area contributed by atoms with Crippen molar-refractivity contribution in [3.63, 3.8) is 0 Å². The molecule has 0 saturated carbocycles. The van der Waals surface area contributed by atoms with Gasteiger partial charge in [-0.25, -0.2) is 4.79 Å². The van der Waals surface area contributed by atoms with Crippen molar-refractivity contribution in [3.8, 4) is 0 Å². The van der Waals surface area contributed by atoms with Crippen molar-refractivity contribution in [2.24, 2.45) is 0 Å². The van der Waals surface area contributed by atoms with Gasteiger partial charge in [-0.05, 0) is 43.9 Å². The molecule has 2 rings (SSSR count). The van der Waals surface area contributed by atoms with Gasteiger partial charge in [-0.3, -0.25) is 4.79 Å². The second-order valence-corrected chi connectivity index (χ2v) is 6.59. The molecular formula is C21H27NO3. The predicted octanol–water partition coefficient (Wildman–Crippen LogP) is 4.22. The Balaban J connectivity index is 1.94. The Labute approximate surface area is 149 Å². The van der Waals surface area contributed by atoms with E-state index < -0.39 is 5.97 Å². The van der Waals surface area contributed by atoms with E-state index in [1.807, 2.05) is 17.0 Å². The van der Waals surface area contributed by atoms with Crippen LogP contribution in [-0.2, 0) is 11.2 Å². The Morgan fingerprint density at radius 3 is 2.68 bits per heavy atom. The third-order valence-corrected chi connectivity index (χ3v) is 4.58. The lowest BCUT2D eigenvalue weighted by Crippen LogP contribution is -2.33. The molecule has 1 unspecified atom stereocenters. The van der Waals surface area contributed by atoms with Gasteiger partial charge in [0.15, 0.2) is 0 Å². The molecule has 0 aliphatic carbocycles. The number of nitrogens with zero attached hydrogens (tertiary/aromatic N) is 1. The molecule has 134 valence electrons.